The maximum absolute atomic E-state index is 15.2. The van der Waals surface area contributed by atoms with Gasteiger partial charge in [-0.2, -0.15) is 13.2 Å². The van der Waals surface area contributed by atoms with Crippen molar-refractivity contribution in [1.29, 1.82) is 0 Å². The van der Waals surface area contributed by atoms with Crippen LogP contribution < -0.4 is 0 Å². The Morgan fingerprint density at radius 1 is 0.795 bits per heavy atom. The van der Waals surface area contributed by atoms with Crippen LogP contribution in [0.5, 0.6) is 0 Å². The molecule has 0 amide bonds. The first-order valence-corrected chi connectivity index (χ1v) is 15.1. The van der Waals surface area contributed by atoms with Crippen LogP contribution in [0.1, 0.15) is 107 Å². The SMILES string of the molecule is CCCCCc1ccc(-c2ccc(C3CCC(CCC4CCC(/C(F)=C/C(F)(F)F)CC4)CC3)c(F)c2)cc1. The Bertz CT molecular complexity index is 1050. The lowest BCUT2D eigenvalue weighted by Crippen LogP contribution is -2.19. The Morgan fingerprint density at radius 3 is 1.95 bits per heavy atom. The van der Waals surface area contributed by atoms with Crippen molar-refractivity contribution in [2.24, 2.45) is 17.8 Å². The van der Waals surface area contributed by atoms with Gasteiger partial charge in [-0.15, -0.1) is 0 Å². The van der Waals surface area contributed by atoms with Crippen LogP contribution >= 0.6 is 0 Å². The van der Waals surface area contributed by atoms with E-state index in [1.165, 1.54) is 24.8 Å². The summed E-state index contributed by atoms with van der Waals surface area (Å²) >= 11 is 0. The van der Waals surface area contributed by atoms with E-state index in [-0.39, 0.29) is 17.8 Å². The third-order valence-electron chi connectivity index (χ3n) is 9.16. The fraction of sp³-hybridized carbons (Fsp3) is 0.588. The summed E-state index contributed by atoms with van der Waals surface area (Å²) in [7, 11) is 0. The molecule has 0 spiro atoms. The Hall–Kier alpha value is -2.17. The minimum Gasteiger partial charge on any atom is -0.212 e. The van der Waals surface area contributed by atoms with Crippen molar-refractivity contribution in [3.05, 3.63) is 71.3 Å². The molecule has 2 fully saturated rings. The largest absolute Gasteiger partial charge is 0.412 e. The molecule has 39 heavy (non-hydrogen) atoms. The lowest BCUT2D eigenvalue weighted by Gasteiger charge is -2.32. The smallest absolute Gasteiger partial charge is 0.212 e. The van der Waals surface area contributed by atoms with E-state index in [4.69, 9.17) is 0 Å². The van der Waals surface area contributed by atoms with E-state index in [0.29, 0.717) is 24.7 Å². The number of hydrogen-bond acceptors (Lipinski definition) is 0. The maximum atomic E-state index is 15.2. The lowest BCUT2D eigenvalue weighted by molar-refractivity contribution is -0.0821. The molecule has 0 aromatic heterocycles. The van der Waals surface area contributed by atoms with Crippen LogP contribution in [-0.2, 0) is 6.42 Å². The Kier molecular flexibility index (Phi) is 10.7. The van der Waals surface area contributed by atoms with Gasteiger partial charge in [-0.3, -0.25) is 0 Å². The molecule has 0 nitrogen and oxygen atoms in total. The van der Waals surface area contributed by atoms with E-state index in [1.54, 1.807) is 6.07 Å². The molecule has 2 aliphatic rings. The summed E-state index contributed by atoms with van der Waals surface area (Å²) in [6.45, 7) is 2.21. The molecule has 0 radical (unpaired) electrons. The number of unbranched alkanes of at least 4 members (excludes halogenated alkanes) is 2. The summed E-state index contributed by atoms with van der Waals surface area (Å²) in [5.41, 5.74) is 4.14. The van der Waals surface area contributed by atoms with E-state index in [0.717, 1.165) is 74.5 Å². The van der Waals surface area contributed by atoms with Crippen LogP contribution in [0.2, 0.25) is 0 Å². The summed E-state index contributed by atoms with van der Waals surface area (Å²) in [4.78, 5) is 0. The molecule has 0 heterocycles. The normalized spacial score (nSPS) is 24.6. The summed E-state index contributed by atoms with van der Waals surface area (Å²) in [6, 6.07) is 14.2. The van der Waals surface area contributed by atoms with Crippen LogP contribution in [0, 0.1) is 23.6 Å². The molecule has 0 N–H and O–H groups in total. The van der Waals surface area contributed by atoms with Gasteiger partial charge in [0.15, 0.2) is 0 Å². The van der Waals surface area contributed by atoms with Crippen LogP contribution in [-0.4, -0.2) is 6.18 Å². The third kappa shape index (κ3) is 8.91. The summed E-state index contributed by atoms with van der Waals surface area (Å²) in [6.07, 6.45) is 8.97. The van der Waals surface area contributed by atoms with Gasteiger partial charge < -0.3 is 0 Å². The monoisotopic (exact) mass is 546 g/mol. The van der Waals surface area contributed by atoms with Gasteiger partial charge in [0, 0.05) is 5.92 Å². The minimum absolute atomic E-state index is 0.105. The fourth-order valence-electron chi connectivity index (χ4n) is 6.72. The van der Waals surface area contributed by atoms with Crippen molar-refractivity contribution >= 4 is 0 Å². The Morgan fingerprint density at radius 2 is 1.38 bits per heavy atom. The molecule has 2 saturated carbocycles. The topological polar surface area (TPSA) is 0 Å². The highest BCUT2D eigenvalue weighted by Crippen LogP contribution is 2.42. The van der Waals surface area contributed by atoms with Gasteiger partial charge in [-0.05, 0) is 110 Å². The van der Waals surface area contributed by atoms with Crippen molar-refractivity contribution in [2.45, 2.75) is 109 Å². The molecule has 0 aliphatic heterocycles. The first-order valence-electron chi connectivity index (χ1n) is 15.1. The standard InChI is InChI=1S/C34H43F5/c1-2-3-4-5-24-8-14-27(15-9-24)30-20-21-31(32(35)22-30)28-16-10-25(11-17-28)6-7-26-12-18-29(19-13-26)33(36)23-34(37,38)39/h8-9,14-15,20-23,25-26,28-29H,2-7,10-13,16-19H2,1H3/b33-23-. The van der Waals surface area contributed by atoms with E-state index in [9.17, 15) is 17.6 Å². The predicted octanol–water partition coefficient (Wildman–Crippen LogP) is 11.5. The highest BCUT2D eigenvalue weighted by molar-refractivity contribution is 5.64. The Balaban J connectivity index is 1.21. The molecule has 0 atom stereocenters. The lowest BCUT2D eigenvalue weighted by atomic mass is 9.74. The predicted molar refractivity (Wildman–Crippen MR) is 150 cm³/mol. The van der Waals surface area contributed by atoms with E-state index < -0.39 is 17.9 Å². The number of hydrogen-bond donors (Lipinski definition) is 0. The van der Waals surface area contributed by atoms with Crippen LogP contribution in [0.3, 0.4) is 0 Å². The van der Waals surface area contributed by atoms with E-state index >= 15 is 4.39 Å². The second-order valence-electron chi connectivity index (χ2n) is 12.0. The molecule has 4 rings (SSSR count). The third-order valence-corrected chi connectivity index (χ3v) is 9.16. The summed E-state index contributed by atoms with van der Waals surface area (Å²) in [5, 5.41) is 0. The number of halogens is 5. The maximum Gasteiger partial charge on any atom is 0.412 e. The molecule has 214 valence electrons. The number of aryl methyl sites for hydroxylation is 1. The van der Waals surface area contributed by atoms with Gasteiger partial charge in [0.2, 0.25) is 0 Å². The zero-order chi connectivity index (χ0) is 27.8. The van der Waals surface area contributed by atoms with Crippen LogP contribution in [0.4, 0.5) is 22.0 Å². The van der Waals surface area contributed by atoms with Gasteiger partial charge in [-0.1, -0.05) is 69.0 Å². The van der Waals surface area contributed by atoms with Crippen LogP contribution in [0.15, 0.2) is 54.4 Å². The molecular formula is C34H43F5. The highest BCUT2D eigenvalue weighted by Gasteiger charge is 2.31. The first kappa shape index (κ1) is 29.8. The molecule has 0 saturated heterocycles. The second kappa shape index (κ2) is 13.9. The Labute approximate surface area is 231 Å². The molecular weight excluding hydrogens is 503 g/mol. The molecule has 2 aliphatic carbocycles. The average Bonchev–Trinajstić information content (AvgIpc) is 2.92. The van der Waals surface area contributed by atoms with Crippen molar-refractivity contribution in [3.8, 4) is 11.1 Å². The molecule has 0 bridgehead atoms. The number of benzene rings is 2. The number of alkyl halides is 3. The molecule has 2 aromatic rings. The average molecular weight is 547 g/mol. The van der Waals surface area contributed by atoms with Gasteiger partial charge in [-0.25, -0.2) is 8.78 Å². The summed E-state index contributed by atoms with van der Waals surface area (Å²) < 4.78 is 66.3. The van der Waals surface area contributed by atoms with Crippen molar-refractivity contribution in [1.82, 2.24) is 0 Å². The summed E-state index contributed by atoms with van der Waals surface area (Å²) in [5.74, 6) is -0.321. The molecule has 5 heteroatoms. The van der Waals surface area contributed by atoms with Gasteiger partial charge in [0.05, 0.1) is 6.08 Å². The second-order valence-corrected chi connectivity index (χ2v) is 12.0. The van der Waals surface area contributed by atoms with Crippen molar-refractivity contribution in [2.75, 3.05) is 0 Å². The van der Waals surface area contributed by atoms with Crippen molar-refractivity contribution < 1.29 is 22.0 Å². The zero-order valence-corrected chi connectivity index (χ0v) is 23.2. The van der Waals surface area contributed by atoms with Crippen molar-refractivity contribution in [3.63, 3.8) is 0 Å². The van der Waals surface area contributed by atoms with Gasteiger partial charge in [0.1, 0.15) is 11.6 Å². The van der Waals surface area contributed by atoms with Crippen LogP contribution in [0.25, 0.3) is 11.1 Å². The van der Waals surface area contributed by atoms with Gasteiger partial charge in [0.25, 0.3) is 0 Å². The molecule has 2 aromatic carbocycles. The van der Waals surface area contributed by atoms with E-state index in [2.05, 4.69) is 37.3 Å². The highest BCUT2D eigenvalue weighted by atomic mass is 19.4. The minimum atomic E-state index is -4.58. The first-order chi connectivity index (χ1) is 18.7. The quantitative estimate of drug-likeness (QED) is 0.205. The van der Waals surface area contributed by atoms with E-state index in [1.807, 2.05) is 6.07 Å². The van der Waals surface area contributed by atoms with Gasteiger partial charge >= 0.3 is 6.18 Å². The number of allylic oxidation sites excluding steroid dienone is 2. The zero-order valence-electron chi connectivity index (χ0n) is 23.2. The fourth-order valence-corrected chi connectivity index (χ4v) is 6.72. The molecule has 0 unspecified atom stereocenters. The number of rotatable bonds is 10.